The van der Waals surface area contributed by atoms with E-state index in [-0.39, 0.29) is 11.8 Å². The van der Waals surface area contributed by atoms with Crippen LogP contribution in [0.4, 0.5) is 11.4 Å². The summed E-state index contributed by atoms with van der Waals surface area (Å²) in [5.74, 6) is -0.0895. The van der Waals surface area contributed by atoms with E-state index in [2.05, 4.69) is 0 Å². The summed E-state index contributed by atoms with van der Waals surface area (Å²) in [5, 5.41) is 0. The van der Waals surface area contributed by atoms with Crippen LogP contribution in [0.25, 0.3) is 0 Å². The summed E-state index contributed by atoms with van der Waals surface area (Å²) in [6, 6.07) is 14.9. The van der Waals surface area contributed by atoms with Gasteiger partial charge in [-0.05, 0) is 43.3 Å². The van der Waals surface area contributed by atoms with Gasteiger partial charge in [-0.2, -0.15) is 0 Å². The van der Waals surface area contributed by atoms with Crippen LogP contribution in [0, 0.1) is 6.92 Å². The standard InChI is InChI=1S/C18H20N2O2/c1-13-6-5-7-15(12-13)18(22)20(4)17-10-8-16(9-11-17)19(3)14(2)21/h5-12H,1-4H3. The van der Waals surface area contributed by atoms with Crippen LogP contribution in [0.5, 0.6) is 0 Å². The molecule has 114 valence electrons. The van der Waals surface area contributed by atoms with E-state index in [0.717, 1.165) is 16.9 Å². The molecular weight excluding hydrogens is 276 g/mol. The summed E-state index contributed by atoms with van der Waals surface area (Å²) >= 11 is 0. The molecule has 4 nitrogen and oxygen atoms in total. The van der Waals surface area contributed by atoms with Crippen LogP contribution in [0.3, 0.4) is 0 Å². The fraction of sp³-hybridized carbons (Fsp3) is 0.222. The molecule has 0 bridgehead atoms. The maximum absolute atomic E-state index is 12.5. The van der Waals surface area contributed by atoms with Crippen molar-refractivity contribution in [2.45, 2.75) is 13.8 Å². The maximum Gasteiger partial charge on any atom is 0.258 e. The topological polar surface area (TPSA) is 40.6 Å². The maximum atomic E-state index is 12.5. The first kappa shape index (κ1) is 15.8. The normalized spacial score (nSPS) is 10.2. The number of nitrogens with zero attached hydrogens (tertiary/aromatic N) is 2. The number of carbonyl (C=O) groups excluding carboxylic acids is 2. The molecule has 2 aromatic carbocycles. The Kier molecular flexibility index (Phi) is 4.61. The number of amides is 2. The first-order valence-corrected chi connectivity index (χ1v) is 7.09. The second kappa shape index (κ2) is 6.43. The van der Waals surface area contributed by atoms with Crippen molar-refractivity contribution in [1.29, 1.82) is 0 Å². The average Bonchev–Trinajstić information content (AvgIpc) is 2.52. The minimum atomic E-state index is -0.0589. The van der Waals surface area contributed by atoms with Gasteiger partial charge < -0.3 is 9.80 Å². The molecular formula is C18H20N2O2. The van der Waals surface area contributed by atoms with E-state index in [1.165, 1.54) is 6.92 Å². The Bertz CT molecular complexity index is 692. The number of rotatable bonds is 3. The highest BCUT2D eigenvalue weighted by Gasteiger charge is 2.14. The van der Waals surface area contributed by atoms with Crippen LogP contribution >= 0.6 is 0 Å². The van der Waals surface area contributed by atoms with E-state index in [1.807, 2.05) is 55.5 Å². The molecule has 0 aliphatic carbocycles. The molecule has 0 radical (unpaired) electrons. The fourth-order valence-corrected chi connectivity index (χ4v) is 2.17. The first-order valence-electron chi connectivity index (χ1n) is 7.09. The molecule has 2 amide bonds. The summed E-state index contributed by atoms with van der Waals surface area (Å²) < 4.78 is 0. The number of benzene rings is 2. The molecule has 2 aromatic rings. The summed E-state index contributed by atoms with van der Waals surface area (Å²) in [6.45, 7) is 3.48. The Hall–Kier alpha value is -2.62. The van der Waals surface area contributed by atoms with Crippen molar-refractivity contribution in [3.8, 4) is 0 Å². The molecule has 0 saturated heterocycles. The molecule has 0 aliphatic rings. The molecule has 0 unspecified atom stereocenters. The molecule has 0 atom stereocenters. The van der Waals surface area contributed by atoms with Crippen molar-refractivity contribution < 1.29 is 9.59 Å². The largest absolute Gasteiger partial charge is 0.316 e. The first-order chi connectivity index (χ1) is 10.4. The highest BCUT2D eigenvalue weighted by Crippen LogP contribution is 2.21. The number of carbonyl (C=O) groups is 2. The van der Waals surface area contributed by atoms with Crippen molar-refractivity contribution in [3.05, 3.63) is 59.7 Å². The minimum Gasteiger partial charge on any atom is -0.316 e. The van der Waals surface area contributed by atoms with E-state index >= 15 is 0 Å². The molecule has 0 spiro atoms. The van der Waals surface area contributed by atoms with Gasteiger partial charge in [-0.3, -0.25) is 9.59 Å². The zero-order chi connectivity index (χ0) is 16.3. The summed E-state index contributed by atoms with van der Waals surface area (Å²) in [6.07, 6.45) is 0. The van der Waals surface area contributed by atoms with E-state index < -0.39 is 0 Å². The number of hydrogen-bond donors (Lipinski definition) is 0. The van der Waals surface area contributed by atoms with Crippen molar-refractivity contribution in [1.82, 2.24) is 0 Å². The van der Waals surface area contributed by atoms with Crippen LogP contribution in [0.1, 0.15) is 22.8 Å². The fourth-order valence-electron chi connectivity index (χ4n) is 2.17. The summed E-state index contributed by atoms with van der Waals surface area (Å²) in [4.78, 5) is 27.0. The van der Waals surface area contributed by atoms with Crippen LogP contribution in [0.15, 0.2) is 48.5 Å². The number of hydrogen-bond acceptors (Lipinski definition) is 2. The average molecular weight is 296 g/mol. The highest BCUT2D eigenvalue weighted by atomic mass is 16.2. The molecule has 0 aromatic heterocycles. The van der Waals surface area contributed by atoms with Gasteiger partial charge in [0, 0.05) is 38.0 Å². The third kappa shape index (κ3) is 3.34. The zero-order valence-corrected chi connectivity index (χ0v) is 13.3. The van der Waals surface area contributed by atoms with Gasteiger partial charge in [0.15, 0.2) is 0 Å². The predicted octanol–water partition coefficient (Wildman–Crippen LogP) is 3.25. The summed E-state index contributed by atoms with van der Waals surface area (Å²) in [5.41, 5.74) is 3.30. The lowest BCUT2D eigenvalue weighted by Gasteiger charge is -2.20. The van der Waals surface area contributed by atoms with Gasteiger partial charge in [-0.25, -0.2) is 0 Å². The van der Waals surface area contributed by atoms with Gasteiger partial charge >= 0.3 is 0 Å². The zero-order valence-electron chi connectivity index (χ0n) is 13.3. The van der Waals surface area contributed by atoms with Crippen LogP contribution in [-0.4, -0.2) is 25.9 Å². The van der Waals surface area contributed by atoms with Crippen molar-refractivity contribution >= 4 is 23.2 Å². The number of anilines is 2. The minimum absolute atomic E-state index is 0.0306. The lowest BCUT2D eigenvalue weighted by atomic mass is 10.1. The Labute approximate surface area is 131 Å². The monoisotopic (exact) mass is 296 g/mol. The Morgan fingerprint density at radius 2 is 1.41 bits per heavy atom. The van der Waals surface area contributed by atoms with E-state index in [1.54, 1.807) is 23.9 Å². The molecule has 0 heterocycles. The Balaban J connectivity index is 2.21. The summed E-state index contributed by atoms with van der Waals surface area (Å²) in [7, 11) is 3.47. The molecule has 0 fully saturated rings. The van der Waals surface area contributed by atoms with Gasteiger partial charge in [0.25, 0.3) is 5.91 Å². The third-order valence-corrected chi connectivity index (χ3v) is 3.67. The Morgan fingerprint density at radius 3 is 1.91 bits per heavy atom. The number of aryl methyl sites for hydroxylation is 1. The molecule has 22 heavy (non-hydrogen) atoms. The molecule has 0 aliphatic heterocycles. The van der Waals surface area contributed by atoms with Gasteiger partial charge in [-0.1, -0.05) is 17.7 Å². The predicted molar refractivity (Wildman–Crippen MR) is 89.4 cm³/mol. The van der Waals surface area contributed by atoms with Crippen molar-refractivity contribution in [3.63, 3.8) is 0 Å². The van der Waals surface area contributed by atoms with E-state index in [9.17, 15) is 9.59 Å². The molecule has 2 rings (SSSR count). The smallest absolute Gasteiger partial charge is 0.258 e. The Morgan fingerprint density at radius 1 is 0.864 bits per heavy atom. The van der Waals surface area contributed by atoms with Gasteiger partial charge in [0.05, 0.1) is 0 Å². The van der Waals surface area contributed by atoms with Crippen LogP contribution in [-0.2, 0) is 4.79 Å². The second-order valence-corrected chi connectivity index (χ2v) is 5.33. The molecule has 0 N–H and O–H groups in total. The lowest BCUT2D eigenvalue weighted by molar-refractivity contribution is -0.116. The molecule has 0 saturated carbocycles. The quantitative estimate of drug-likeness (QED) is 0.872. The highest BCUT2D eigenvalue weighted by molar-refractivity contribution is 6.06. The second-order valence-electron chi connectivity index (χ2n) is 5.33. The lowest BCUT2D eigenvalue weighted by Crippen LogP contribution is -2.26. The van der Waals surface area contributed by atoms with Gasteiger partial charge in [0.1, 0.15) is 0 Å². The molecule has 4 heteroatoms. The van der Waals surface area contributed by atoms with E-state index in [0.29, 0.717) is 5.56 Å². The van der Waals surface area contributed by atoms with E-state index in [4.69, 9.17) is 0 Å². The SMILES string of the molecule is CC(=O)N(C)c1ccc(N(C)C(=O)c2cccc(C)c2)cc1. The third-order valence-electron chi connectivity index (χ3n) is 3.67. The van der Waals surface area contributed by atoms with Crippen molar-refractivity contribution in [2.75, 3.05) is 23.9 Å². The van der Waals surface area contributed by atoms with Gasteiger partial charge in [0.2, 0.25) is 5.91 Å². The van der Waals surface area contributed by atoms with Crippen molar-refractivity contribution in [2.24, 2.45) is 0 Å². The van der Waals surface area contributed by atoms with Crippen LogP contribution in [0.2, 0.25) is 0 Å². The van der Waals surface area contributed by atoms with Crippen LogP contribution < -0.4 is 9.80 Å². The van der Waals surface area contributed by atoms with Gasteiger partial charge in [-0.15, -0.1) is 0 Å².